The molecule has 0 fully saturated rings. The molecule has 0 aliphatic rings. The van der Waals surface area contributed by atoms with Gasteiger partial charge in [-0.3, -0.25) is 0 Å². The smallest absolute Gasteiger partial charge is 0.180 e. The summed E-state index contributed by atoms with van der Waals surface area (Å²) in [6, 6.07) is 0. The van der Waals surface area contributed by atoms with Gasteiger partial charge in [-0.1, -0.05) is 20.8 Å². The Morgan fingerprint density at radius 2 is 1.53 bits per heavy atom. The van der Waals surface area contributed by atoms with E-state index in [1.165, 1.54) is 0 Å². The predicted molar refractivity (Wildman–Crippen MR) is 61.9 cm³/mol. The molecule has 0 spiro atoms. The lowest BCUT2D eigenvalue weighted by Crippen LogP contribution is -2.24. The highest BCUT2D eigenvalue weighted by atomic mass is 16.7. The van der Waals surface area contributed by atoms with Crippen LogP contribution in [0.5, 0.6) is 0 Å². The van der Waals surface area contributed by atoms with E-state index in [1.807, 2.05) is 13.8 Å². The minimum absolute atomic E-state index is 0.208. The van der Waals surface area contributed by atoms with Gasteiger partial charge in [0.05, 0.1) is 6.61 Å². The van der Waals surface area contributed by atoms with Gasteiger partial charge in [-0.2, -0.15) is 0 Å². The van der Waals surface area contributed by atoms with Crippen LogP contribution in [0, 0.1) is 5.41 Å². The van der Waals surface area contributed by atoms with Crippen LogP contribution in [0.1, 0.15) is 41.0 Å². The normalized spacial score (nSPS) is 12.4. The molecule has 3 heteroatoms. The van der Waals surface area contributed by atoms with Crippen LogP contribution in [-0.4, -0.2) is 32.7 Å². The fourth-order valence-electron chi connectivity index (χ4n) is 1.07. The quantitative estimate of drug-likeness (QED) is 0.463. The second kappa shape index (κ2) is 8.08. The van der Waals surface area contributed by atoms with Crippen molar-refractivity contribution in [1.29, 1.82) is 0 Å². The third-order valence-electron chi connectivity index (χ3n) is 1.96. The molecule has 0 saturated carbocycles. The Balaban J connectivity index is 3.52. The molecule has 3 nitrogen and oxygen atoms in total. The largest absolute Gasteiger partial charge is 0.376 e. The molecule has 92 valence electrons. The standard InChI is InChI=1S/C12H26O3/c1-6-14-11(15-7-2)10-13-9-8-12(3,4)5/h11H,6-10H2,1-5H3. The molecule has 0 N–H and O–H groups in total. The summed E-state index contributed by atoms with van der Waals surface area (Å²) >= 11 is 0. The van der Waals surface area contributed by atoms with Gasteiger partial charge in [0, 0.05) is 19.8 Å². The molecule has 0 aromatic heterocycles. The maximum absolute atomic E-state index is 5.53. The molecule has 0 heterocycles. The molecule has 0 aliphatic carbocycles. The average molecular weight is 218 g/mol. The van der Waals surface area contributed by atoms with Crippen LogP contribution in [0.3, 0.4) is 0 Å². The Bertz CT molecular complexity index is 134. The summed E-state index contributed by atoms with van der Waals surface area (Å²) in [5, 5.41) is 0. The highest BCUT2D eigenvalue weighted by molar-refractivity contribution is 4.60. The zero-order chi connectivity index (χ0) is 11.7. The second-order valence-electron chi connectivity index (χ2n) is 4.73. The first kappa shape index (κ1) is 14.9. The number of rotatable bonds is 8. The minimum Gasteiger partial charge on any atom is -0.376 e. The van der Waals surface area contributed by atoms with Crippen molar-refractivity contribution >= 4 is 0 Å². The monoisotopic (exact) mass is 218 g/mol. The van der Waals surface area contributed by atoms with E-state index in [2.05, 4.69) is 20.8 Å². The molecule has 0 bridgehead atoms. The highest BCUT2D eigenvalue weighted by Crippen LogP contribution is 2.17. The van der Waals surface area contributed by atoms with Gasteiger partial charge in [0.1, 0.15) is 0 Å². The van der Waals surface area contributed by atoms with E-state index in [9.17, 15) is 0 Å². The Kier molecular flexibility index (Phi) is 8.02. The van der Waals surface area contributed by atoms with E-state index in [-0.39, 0.29) is 6.29 Å². The van der Waals surface area contributed by atoms with Crippen molar-refractivity contribution in [2.24, 2.45) is 5.41 Å². The van der Waals surface area contributed by atoms with Gasteiger partial charge in [0.25, 0.3) is 0 Å². The lowest BCUT2D eigenvalue weighted by molar-refractivity contribution is -0.168. The van der Waals surface area contributed by atoms with E-state index < -0.39 is 0 Å². The molecule has 0 amide bonds. The topological polar surface area (TPSA) is 27.7 Å². The number of hydrogen-bond acceptors (Lipinski definition) is 3. The van der Waals surface area contributed by atoms with Gasteiger partial charge >= 0.3 is 0 Å². The Hall–Kier alpha value is -0.120. The summed E-state index contributed by atoms with van der Waals surface area (Å²) in [7, 11) is 0. The van der Waals surface area contributed by atoms with Gasteiger partial charge in [0.2, 0.25) is 0 Å². The van der Waals surface area contributed by atoms with Crippen molar-refractivity contribution in [2.45, 2.75) is 47.3 Å². The van der Waals surface area contributed by atoms with E-state index in [0.717, 1.165) is 13.0 Å². The van der Waals surface area contributed by atoms with Crippen molar-refractivity contribution in [3.63, 3.8) is 0 Å². The third-order valence-corrected chi connectivity index (χ3v) is 1.96. The number of hydrogen-bond donors (Lipinski definition) is 0. The summed E-state index contributed by atoms with van der Waals surface area (Å²) in [6.45, 7) is 13.2. The van der Waals surface area contributed by atoms with Crippen LogP contribution in [0.2, 0.25) is 0 Å². The summed E-state index contributed by atoms with van der Waals surface area (Å²) in [5.74, 6) is 0. The van der Waals surface area contributed by atoms with Gasteiger partial charge in [-0.25, -0.2) is 0 Å². The average Bonchev–Trinajstić information content (AvgIpc) is 2.11. The second-order valence-corrected chi connectivity index (χ2v) is 4.73. The van der Waals surface area contributed by atoms with Crippen molar-refractivity contribution in [2.75, 3.05) is 26.4 Å². The van der Waals surface area contributed by atoms with E-state index in [4.69, 9.17) is 14.2 Å². The van der Waals surface area contributed by atoms with Crippen molar-refractivity contribution < 1.29 is 14.2 Å². The van der Waals surface area contributed by atoms with Gasteiger partial charge in [0.15, 0.2) is 6.29 Å². The fourth-order valence-corrected chi connectivity index (χ4v) is 1.07. The van der Waals surface area contributed by atoms with Gasteiger partial charge in [-0.15, -0.1) is 0 Å². The first-order valence-corrected chi connectivity index (χ1v) is 5.80. The predicted octanol–water partition coefficient (Wildman–Crippen LogP) is 2.84. The molecule has 0 aromatic carbocycles. The van der Waals surface area contributed by atoms with Gasteiger partial charge in [-0.05, 0) is 25.7 Å². The first-order chi connectivity index (χ1) is 6.99. The van der Waals surface area contributed by atoms with Crippen LogP contribution in [-0.2, 0) is 14.2 Å². The molecule has 0 radical (unpaired) electrons. The molecule has 0 rings (SSSR count). The molecular weight excluding hydrogens is 192 g/mol. The molecule has 0 saturated heterocycles. The third kappa shape index (κ3) is 10.2. The van der Waals surface area contributed by atoms with E-state index in [0.29, 0.717) is 25.2 Å². The minimum atomic E-state index is -0.208. The molecule has 0 aliphatic heterocycles. The maximum atomic E-state index is 5.53. The zero-order valence-corrected chi connectivity index (χ0v) is 10.8. The molecule has 15 heavy (non-hydrogen) atoms. The number of ether oxygens (including phenoxy) is 3. The van der Waals surface area contributed by atoms with Crippen molar-refractivity contribution in [3.8, 4) is 0 Å². The lowest BCUT2D eigenvalue weighted by atomic mass is 9.93. The molecule has 0 aromatic rings. The van der Waals surface area contributed by atoms with Crippen molar-refractivity contribution in [1.82, 2.24) is 0 Å². The Labute approximate surface area is 94.1 Å². The molecular formula is C12H26O3. The SMILES string of the molecule is CCOC(COCCC(C)(C)C)OCC. The van der Waals surface area contributed by atoms with Crippen LogP contribution in [0.15, 0.2) is 0 Å². The molecule has 0 unspecified atom stereocenters. The van der Waals surface area contributed by atoms with E-state index in [1.54, 1.807) is 0 Å². The van der Waals surface area contributed by atoms with Crippen LogP contribution in [0.25, 0.3) is 0 Å². The fraction of sp³-hybridized carbons (Fsp3) is 1.00. The first-order valence-electron chi connectivity index (χ1n) is 5.80. The lowest BCUT2D eigenvalue weighted by Gasteiger charge is -2.20. The Morgan fingerprint density at radius 3 is 1.93 bits per heavy atom. The maximum Gasteiger partial charge on any atom is 0.180 e. The summed E-state index contributed by atoms with van der Waals surface area (Å²) < 4.78 is 16.3. The summed E-state index contributed by atoms with van der Waals surface area (Å²) in [4.78, 5) is 0. The zero-order valence-electron chi connectivity index (χ0n) is 10.8. The van der Waals surface area contributed by atoms with E-state index >= 15 is 0 Å². The van der Waals surface area contributed by atoms with Crippen LogP contribution < -0.4 is 0 Å². The highest BCUT2D eigenvalue weighted by Gasteiger charge is 2.11. The Morgan fingerprint density at radius 1 is 1.00 bits per heavy atom. The van der Waals surface area contributed by atoms with Crippen LogP contribution >= 0.6 is 0 Å². The van der Waals surface area contributed by atoms with Crippen LogP contribution in [0.4, 0.5) is 0 Å². The van der Waals surface area contributed by atoms with Crippen molar-refractivity contribution in [3.05, 3.63) is 0 Å². The summed E-state index contributed by atoms with van der Waals surface area (Å²) in [5.41, 5.74) is 0.326. The van der Waals surface area contributed by atoms with Gasteiger partial charge < -0.3 is 14.2 Å². The summed E-state index contributed by atoms with van der Waals surface area (Å²) in [6.07, 6.45) is 0.845. The molecule has 0 atom stereocenters.